The second-order valence-electron chi connectivity index (χ2n) is 8.91. The Morgan fingerprint density at radius 1 is 1.25 bits per heavy atom. The molecule has 0 spiro atoms. The van der Waals surface area contributed by atoms with E-state index in [4.69, 9.17) is 19.3 Å². The van der Waals surface area contributed by atoms with Crippen molar-refractivity contribution in [3.8, 4) is 0 Å². The largest absolute Gasteiger partial charge is 0.519 e. The topological polar surface area (TPSA) is 177 Å². The van der Waals surface area contributed by atoms with Crippen molar-refractivity contribution in [1.29, 1.82) is 0 Å². The van der Waals surface area contributed by atoms with Crippen molar-refractivity contribution in [2.75, 3.05) is 25.4 Å². The molecule has 3 atom stereocenters. The predicted octanol–water partition coefficient (Wildman–Crippen LogP) is -0.00808. The molecule has 13 nitrogen and oxygen atoms in total. The van der Waals surface area contributed by atoms with Crippen LogP contribution >= 0.6 is 11.8 Å². The third-order valence-corrected chi connectivity index (χ3v) is 8.10. The number of likely N-dealkylation sites (tertiary alicyclic amines) is 2. The molecular formula is C22H24N4O9S. The van der Waals surface area contributed by atoms with Crippen LogP contribution in [-0.2, 0) is 25.7 Å². The highest BCUT2D eigenvalue weighted by molar-refractivity contribution is 8.00. The zero-order valence-electron chi connectivity index (χ0n) is 19.3. The van der Waals surface area contributed by atoms with Gasteiger partial charge in [0.2, 0.25) is 11.8 Å². The molecule has 5 heterocycles. The molecule has 36 heavy (non-hydrogen) atoms. The second kappa shape index (κ2) is 9.17. The number of aliphatic carboxylic acids is 1. The number of hydrogen-bond donors (Lipinski definition) is 2. The van der Waals surface area contributed by atoms with E-state index in [1.807, 2.05) is 0 Å². The number of ether oxygens (including phenoxy) is 1. The number of carboxylic acids is 1. The standard InChI is InChI=1S/C22H24N4O9S/c1-10-14(35-22(32)34-10)8-33-21(31)24-4-3-13(7-24)25-5-2-11(17(25)27)6-12-9-36-19-15(23)18(28)26(19)16(12)20(29)30/h6,13,15,19H,2-5,7-9,23H2,1H3,(H,29,30)/b11-6+/t13-,15-,19?/m1/s1. The fourth-order valence-corrected chi connectivity index (χ4v) is 6.12. The van der Waals surface area contributed by atoms with Crippen molar-refractivity contribution in [3.63, 3.8) is 0 Å². The Bertz CT molecular complexity index is 1260. The highest BCUT2D eigenvalue weighted by Crippen LogP contribution is 2.40. The highest BCUT2D eigenvalue weighted by atomic mass is 32.2. The van der Waals surface area contributed by atoms with Crippen LogP contribution in [0.2, 0.25) is 0 Å². The van der Waals surface area contributed by atoms with Crippen LogP contribution in [0, 0.1) is 6.92 Å². The summed E-state index contributed by atoms with van der Waals surface area (Å²) < 4.78 is 14.8. The number of aryl methyl sites for hydroxylation is 1. The number of hydrogen-bond acceptors (Lipinski definition) is 10. The van der Waals surface area contributed by atoms with E-state index in [0.717, 1.165) is 0 Å². The Morgan fingerprint density at radius 3 is 2.72 bits per heavy atom. The van der Waals surface area contributed by atoms with Crippen LogP contribution in [0.4, 0.5) is 4.79 Å². The van der Waals surface area contributed by atoms with Gasteiger partial charge in [0, 0.05) is 31.0 Å². The van der Waals surface area contributed by atoms with Gasteiger partial charge in [-0.1, -0.05) is 0 Å². The number of nitrogens with zero attached hydrogens (tertiary/aromatic N) is 3. The molecule has 0 aliphatic carbocycles. The average Bonchev–Trinajstić information content (AvgIpc) is 3.55. The minimum absolute atomic E-state index is 0.123. The van der Waals surface area contributed by atoms with Gasteiger partial charge in [0.1, 0.15) is 17.1 Å². The Morgan fingerprint density at radius 2 is 2.03 bits per heavy atom. The van der Waals surface area contributed by atoms with Gasteiger partial charge in [-0.3, -0.25) is 14.5 Å². The van der Waals surface area contributed by atoms with Crippen molar-refractivity contribution < 1.29 is 37.9 Å². The molecular weight excluding hydrogens is 496 g/mol. The summed E-state index contributed by atoms with van der Waals surface area (Å²) in [5.41, 5.74) is 6.54. The SMILES string of the molecule is Cc1oc(=O)oc1COC(=O)N1CC[C@@H](N2CC/C(=C\C3=C(C(=O)O)N4C(=O)[C@@H](N)C4SC3)C2=O)C1. The summed E-state index contributed by atoms with van der Waals surface area (Å²) in [5.74, 6) is -2.05. The van der Waals surface area contributed by atoms with Gasteiger partial charge in [-0.05, 0) is 31.4 Å². The Labute approximate surface area is 208 Å². The van der Waals surface area contributed by atoms with Crippen LogP contribution in [0.25, 0.3) is 0 Å². The lowest BCUT2D eigenvalue weighted by Crippen LogP contribution is -2.68. The minimum atomic E-state index is -1.23. The van der Waals surface area contributed by atoms with Gasteiger partial charge in [-0.15, -0.1) is 11.8 Å². The lowest BCUT2D eigenvalue weighted by atomic mass is 10.0. The molecule has 5 rings (SSSR count). The van der Waals surface area contributed by atoms with Crippen LogP contribution in [0.3, 0.4) is 0 Å². The number of amides is 3. The third-order valence-electron chi connectivity index (χ3n) is 6.77. The van der Waals surface area contributed by atoms with Crippen molar-refractivity contribution in [1.82, 2.24) is 14.7 Å². The summed E-state index contributed by atoms with van der Waals surface area (Å²) in [6, 6.07) is -0.932. The van der Waals surface area contributed by atoms with Gasteiger partial charge in [-0.2, -0.15) is 0 Å². The molecule has 1 aromatic rings. The van der Waals surface area contributed by atoms with E-state index in [1.165, 1.54) is 28.5 Å². The quantitative estimate of drug-likeness (QED) is 0.394. The molecule has 3 amide bonds. The summed E-state index contributed by atoms with van der Waals surface area (Å²) in [5, 5.41) is 9.31. The first-order valence-corrected chi connectivity index (χ1v) is 12.4. The van der Waals surface area contributed by atoms with Crippen LogP contribution < -0.4 is 11.6 Å². The van der Waals surface area contributed by atoms with E-state index >= 15 is 0 Å². The van der Waals surface area contributed by atoms with Crippen molar-refractivity contribution in [2.24, 2.45) is 5.73 Å². The monoisotopic (exact) mass is 520 g/mol. The van der Waals surface area contributed by atoms with Gasteiger partial charge in [0.15, 0.2) is 18.1 Å². The summed E-state index contributed by atoms with van der Waals surface area (Å²) in [4.78, 5) is 65.1. The molecule has 4 aliphatic heterocycles. The van der Waals surface area contributed by atoms with Crippen molar-refractivity contribution in [3.05, 3.63) is 45.1 Å². The number of carbonyl (C=O) groups excluding carboxylic acids is 3. The van der Waals surface area contributed by atoms with Crippen LogP contribution in [0.5, 0.6) is 0 Å². The highest BCUT2D eigenvalue weighted by Gasteiger charge is 2.51. The Hall–Kier alpha value is -3.52. The molecule has 192 valence electrons. The maximum atomic E-state index is 13.1. The van der Waals surface area contributed by atoms with E-state index in [0.29, 0.717) is 42.8 Å². The summed E-state index contributed by atoms with van der Waals surface area (Å²) in [7, 11) is 0. The number of β-lactam (4-membered cyclic amide) rings is 1. The minimum Gasteiger partial charge on any atom is -0.477 e. The summed E-state index contributed by atoms with van der Waals surface area (Å²) >= 11 is 1.37. The fraction of sp³-hybridized carbons (Fsp3) is 0.500. The van der Waals surface area contributed by atoms with Gasteiger partial charge in [0.25, 0.3) is 0 Å². The number of fused-ring (bicyclic) bond motifs is 1. The summed E-state index contributed by atoms with van der Waals surface area (Å²) in [6.07, 6.45) is 1.98. The first kappa shape index (κ1) is 24.2. The number of allylic oxidation sites excluding steroid dienone is 1. The normalized spacial score (nSPS) is 27.1. The number of nitrogens with two attached hydrogens (primary N) is 1. The number of carbonyl (C=O) groups is 4. The first-order valence-electron chi connectivity index (χ1n) is 11.3. The molecule has 0 bridgehead atoms. The predicted molar refractivity (Wildman–Crippen MR) is 122 cm³/mol. The van der Waals surface area contributed by atoms with Crippen LogP contribution in [-0.4, -0.2) is 86.5 Å². The van der Waals surface area contributed by atoms with Crippen LogP contribution in [0.1, 0.15) is 24.4 Å². The molecule has 4 aliphatic rings. The molecule has 0 saturated carbocycles. The second-order valence-corrected chi connectivity index (χ2v) is 10.0. The number of thioether (sulfide) groups is 1. The first-order chi connectivity index (χ1) is 17.2. The van der Waals surface area contributed by atoms with Gasteiger partial charge in [-0.25, -0.2) is 14.4 Å². The fourth-order valence-electron chi connectivity index (χ4n) is 4.86. The molecule has 0 aromatic carbocycles. The zero-order valence-corrected chi connectivity index (χ0v) is 20.1. The van der Waals surface area contributed by atoms with E-state index in [-0.39, 0.29) is 42.3 Å². The number of rotatable bonds is 5. The molecule has 3 N–H and O–H groups in total. The van der Waals surface area contributed by atoms with E-state index in [1.54, 1.807) is 11.0 Å². The van der Waals surface area contributed by atoms with Crippen LogP contribution in [0.15, 0.2) is 36.5 Å². The smallest absolute Gasteiger partial charge is 0.477 e. The van der Waals surface area contributed by atoms with Gasteiger partial charge in [0.05, 0.1) is 6.04 Å². The molecule has 3 saturated heterocycles. The van der Waals surface area contributed by atoms with E-state index in [2.05, 4.69) is 0 Å². The lowest BCUT2D eigenvalue weighted by molar-refractivity contribution is -0.147. The van der Waals surface area contributed by atoms with Gasteiger partial charge < -0.3 is 34.2 Å². The molecule has 0 radical (unpaired) electrons. The molecule has 14 heteroatoms. The van der Waals surface area contributed by atoms with E-state index < -0.39 is 35.2 Å². The van der Waals surface area contributed by atoms with Crippen molar-refractivity contribution >= 4 is 35.6 Å². The Kier molecular flexibility index (Phi) is 6.16. The zero-order chi connectivity index (χ0) is 25.7. The molecule has 1 unspecified atom stereocenters. The van der Waals surface area contributed by atoms with Gasteiger partial charge >= 0.3 is 17.9 Å². The lowest BCUT2D eigenvalue weighted by Gasteiger charge is -2.47. The Balaban J connectivity index is 1.23. The van der Waals surface area contributed by atoms with Crippen molar-refractivity contribution in [2.45, 2.75) is 43.8 Å². The maximum Gasteiger partial charge on any atom is 0.519 e. The maximum absolute atomic E-state index is 13.1. The molecule has 3 fully saturated rings. The average molecular weight is 521 g/mol. The summed E-state index contributed by atoms with van der Waals surface area (Å²) in [6.45, 7) is 2.41. The molecule has 1 aromatic heterocycles. The number of carboxylic acid groups (broad SMARTS) is 1. The van der Waals surface area contributed by atoms with E-state index in [9.17, 15) is 29.1 Å². The third kappa shape index (κ3) is 4.09.